The normalized spacial score (nSPS) is 10.7. The molecule has 0 fully saturated rings. The standard InChI is InChI=1S/C20H18O4/c1-13(2)20(22)24-12-11-23-19-16-9-5-3-7-14(16)18(21)15-8-4-6-10-17(15)19/h3-10,21H,1,11-12H2,2H3. The van der Waals surface area contributed by atoms with Crippen molar-refractivity contribution in [2.24, 2.45) is 0 Å². The Balaban J connectivity index is 1.95. The first kappa shape index (κ1) is 15.9. The minimum atomic E-state index is -0.431. The molecule has 0 bridgehead atoms. The number of aromatic hydroxyl groups is 1. The molecular weight excluding hydrogens is 304 g/mol. The van der Waals surface area contributed by atoms with Gasteiger partial charge in [-0.2, -0.15) is 0 Å². The highest BCUT2D eigenvalue weighted by Crippen LogP contribution is 2.41. The number of fused-ring (bicyclic) bond motifs is 2. The topological polar surface area (TPSA) is 55.8 Å². The van der Waals surface area contributed by atoms with Crippen LogP contribution in [0.15, 0.2) is 60.7 Å². The second kappa shape index (κ2) is 6.62. The molecule has 0 aliphatic rings. The van der Waals surface area contributed by atoms with E-state index in [-0.39, 0.29) is 19.0 Å². The number of phenolic OH excluding ortho intramolecular Hbond substituents is 1. The lowest BCUT2D eigenvalue weighted by molar-refractivity contribution is -0.139. The lowest BCUT2D eigenvalue weighted by Gasteiger charge is -2.14. The van der Waals surface area contributed by atoms with Crippen molar-refractivity contribution in [1.82, 2.24) is 0 Å². The van der Waals surface area contributed by atoms with Crippen LogP contribution in [0.25, 0.3) is 21.5 Å². The zero-order chi connectivity index (χ0) is 17.1. The van der Waals surface area contributed by atoms with Crippen LogP contribution in [0, 0.1) is 0 Å². The van der Waals surface area contributed by atoms with Gasteiger partial charge in [0, 0.05) is 27.1 Å². The number of carbonyl (C=O) groups excluding carboxylic acids is 1. The van der Waals surface area contributed by atoms with Crippen molar-refractivity contribution in [2.75, 3.05) is 13.2 Å². The molecule has 122 valence electrons. The van der Waals surface area contributed by atoms with Crippen LogP contribution in [0.5, 0.6) is 11.5 Å². The van der Waals surface area contributed by atoms with Crippen LogP contribution in [-0.4, -0.2) is 24.3 Å². The quantitative estimate of drug-likeness (QED) is 0.331. The Bertz CT molecular complexity index is 870. The highest BCUT2D eigenvalue weighted by atomic mass is 16.6. The van der Waals surface area contributed by atoms with Crippen molar-refractivity contribution >= 4 is 27.5 Å². The Kier molecular flexibility index (Phi) is 4.38. The van der Waals surface area contributed by atoms with Crippen LogP contribution < -0.4 is 4.74 Å². The number of esters is 1. The van der Waals surface area contributed by atoms with Crippen LogP contribution in [0.1, 0.15) is 6.92 Å². The van der Waals surface area contributed by atoms with E-state index in [2.05, 4.69) is 6.58 Å². The molecule has 3 aromatic rings. The molecule has 0 atom stereocenters. The highest BCUT2D eigenvalue weighted by Gasteiger charge is 2.14. The van der Waals surface area contributed by atoms with Crippen molar-refractivity contribution in [3.05, 3.63) is 60.7 Å². The average Bonchev–Trinajstić information content (AvgIpc) is 2.60. The predicted molar refractivity (Wildman–Crippen MR) is 94.4 cm³/mol. The summed E-state index contributed by atoms with van der Waals surface area (Å²) in [5.41, 5.74) is 0.357. The van der Waals surface area contributed by atoms with Gasteiger partial charge in [-0.05, 0) is 6.92 Å². The number of phenols is 1. The van der Waals surface area contributed by atoms with Gasteiger partial charge >= 0.3 is 5.97 Å². The predicted octanol–water partition coefficient (Wildman–Crippen LogP) is 4.20. The van der Waals surface area contributed by atoms with Gasteiger partial charge in [0.05, 0.1) is 0 Å². The SMILES string of the molecule is C=C(C)C(=O)OCCOc1c2ccccc2c(O)c2ccccc12. The Hall–Kier alpha value is -3.01. The van der Waals surface area contributed by atoms with Gasteiger partial charge in [-0.15, -0.1) is 0 Å². The van der Waals surface area contributed by atoms with Gasteiger partial charge in [0.2, 0.25) is 0 Å². The van der Waals surface area contributed by atoms with Crippen molar-refractivity contribution < 1.29 is 19.4 Å². The Labute approximate surface area is 139 Å². The van der Waals surface area contributed by atoms with E-state index in [1.54, 1.807) is 6.92 Å². The molecule has 0 spiro atoms. The molecule has 4 nitrogen and oxygen atoms in total. The van der Waals surface area contributed by atoms with Crippen molar-refractivity contribution in [3.63, 3.8) is 0 Å². The molecule has 0 saturated carbocycles. The summed E-state index contributed by atoms with van der Waals surface area (Å²) in [6.07, 6.45) is 0. The van der Waals surface area contributed by atoms with E-state index in [1.807, 2.05) is 48.5 Å². The first-order chi connectivity index (χ1) is 11.6. The number of hydrogen-bond acceptors (Lipinski definition) is 4. The van der Waals surface area contributed by atoms with Gasteiger partial charge in [-0.3, -0.25) is 0 Å². The molecule has 3 aromatic carbocycles. The van der Waals surface area contributed by atoms with E-state index in [0.717, 1.165) is 21.5 Å². The van der Waals surface area contributed by atoms with Crippen molar-refractivity contribution in [1.29, 1.82) is 0 Å². The second-order valence-electron chi connectivity index (χ2n) is 5.53. The number of carbonyl (C=O) groups is 1. The van der Waals surface area contributed by atoms with Gasteiger partial charge in [0.25, 0.3) is 0 Å². The molecule has 0 radical (unpaired) electrons. The minimum Gasteiger partial charge on any atom is -0.507 e. The van der Waals surface area contributed by atoms with E-state index in [9.17, 15) is 9.90 Å². The number of benzene rings is 3. The molecule has 3 rings (SSSR count). The number of ether oxygens (including phenoxy) is 2. The number of hydrogen-bond donors (Lipinski definition) is 1. The molecule has 0 heterocycles. The summed E-state index contributed by atoms with van der Waals surface area (Å²) >= 11 is 0. The Morgan fingerprint density at radius 3 is 1.96 bits per heavy atom. The Morgan fingerprint density at radius 2 is 1.46 bits per heavy atom. The van der Waals surface area contributed by atoms with Crippen LogP contribution >= 0.6 is 0 Å². The molecule has 0 aliphatic carbocycles. The third-order valence-electron chi connectivity index (χ3n) is 3.76. The third-order valence-corrected chi connectivity index (χ3v) is 3.76. The van der Waals surface area contributed by atoms with E-state index in [0.29, 0.717) is 11.3 Å². The van der Waals surface area contributed by atoms with Gasteiger partial charge in [-0.1, -0.05) is 55.1 Å². The first-order valence-electron chi connectivity index (χ1n) is 7.67. The molecule has 4 heteroatoms. The van der Waals surface area contributed by atoms with E-state index < -0.39 is 5.97 Å². The molecule has 0 saturated heterocycles. The third kappa shape index (κ3) is 2.91. The summed E-state index contributed by atoms with van der Waals surface area (Å²) in [4.78, 5) is 11.4. The van der Waals surface area contributed by atoms with Gasteiger partial charge in [-0.25, -0.2) is 4.79 Å². The summed E-state index contributed by atoms with van der Waals surface area (Å²) in [5.74, 6) is 0.478. The molecule has 0 aliphatic heterocycles. The summed E-state index contributed by atoms with van der Waals surface area (Å²) in [7, 11) is 0. The van der Waals surface area contributed by atoms with E-state index >= 15 is 0 Å². The van der Waals surface area contributed by atoms with Gasteiger partial charge < -0.3 is 14.6 Å². The summed E-state index contributed by atoms with van der Waals surface area (Å²) in [5, 5.41) is 13.6. The molecule has 0 unspecified atom stereocenters. The molecule has 1 N–H and O–H groups in total. The number of rotatable bonds is 5. The van der Waals surface area contributed by atoms with Gasteiger partial charge in [0.1, 0.15) is 24.7 Å². The zero-order valence-electron chi connectivity index (χ0n) is 13.4. The monoisotopic (exact) mass is 322 g/mol. The maximum absolute atomic E-state index is 11.4. The van der Waals surface area contributed by atoms with E-state index in [4.69, 9.17) is 9.47 Å². The van der Waals surface area contributed by atoms with E-state index in [1.165, 1.54) is 0 Å². The van der Waals surface area contributed by atoms with Crippen LogP contribution in [-0.2, 0) is 9.53 Å². The summed E-state index contributed by atoms with van der Waals surface area (Å²) in [6.45, 7) is 5.50. The second-order valence-corrected chi connectivity index (χ2v) is 5.53. The largest absolute Gasteiger partial charge is 0.507 e. The smallest absolute Gasteiger partial charge is 0.333 e. The Morgan fingerprint density at radius 1 is 0.958 bits per heavy atom. The fourth-order valence-electron chi connectivity index (χ4n) is 2.62. The highest BCUT2D eigenvalue weighted by molar-refractivity contribution is 6.10. The fraction of sp³-hybridized carbons (Fsp3) is 0.150. The molecule has 0 amide bonds. The lowest BCUT2D eigenvalue weighted by Crippen LogP contribution is -2.12. The minimum absolute atomic E-state index is 0.134. The van der Waals surface area contributed by atoms with Crippen molar-refractivity contribution in [3.8, 4) is 11.5 Å². The van der Waals surface area contributed by atoms with Gasteiger partial charge in [0.15, 0.2) is 0 Å². The summed E-state index contributed by atoms with van der Waals surface area (Å²) < 4.78 is 11.0. The average molecular weight is 322 g/mol. The first-order valence-corrected chi connectivity index (χ1v) is 7.67. The molecule has 24 heavy (non-hydrogen) atoms. The maximum atomic E-state index is 11.4. The summed E-state index contributed by atoms with van der Waals surface area (Å²) in [6, 6.07) is 15.0. The molecular formula is C20H18O4. The lowest BCUT2D eigenvalue weighted by atomic mass is 10.0. The van der Waals surface area contributed by atoms with Crippen LogP contribution in [0.3, 0.4) is 0 Å². The van der Waals surface area contributed by atoms with Crippen LogP contribution in [0.4, 0.5) is 0 Å². The molecule has 0 aromatic heterocycles. The maximum Gasteiger partial charge on any atom is 0.333 e. The zero-order valence-corrected chi connectivity index (χ0v) is 13.4. The van der Waals surface area contributed by atoms with Crippen molar-refractivity contribution in [2.45, 2.75) is 6.92 Å². The van der Waals surface area contributed by atoms with Crippen LogP contribution in [0.2, 0.25) is 0 Å². The fourth-order valence-corrected chi connectivity index (χ4v) is 2.62.